The number of methoxy groups -OCH3 is 1. The molecule has 1 aliphatic heterocycles. The third kappa shape index (κ3) is 5.09. The van der Waals surface area contributed by atoms with Crippen LogP contribution in [0.5, 0.6) is 0 Å². The topological polar surface area (TPSA) is 117 Å². The number of hydrogen-bond donors (Lipinski definition) is 3. The number of carbonyl (C=O) groups is 2. The summed E-state index contributed by atoms with van der Waals surface area (Å²) in [7, 11) is 1.61. The molecule has 2 aliphatic rings. The van der Waals surface area contributed by atoms with E-state index in [1.807, 2.05) is 44.2 Å². The first-order valence-electron chi connectivity index (χ1n) is 12.1. The lowest BCUT2D eigenvalue weighted by Crippen LogP contribution is -2.52. The molecule has 0 bridgehead atoms. The number of nitrogens with two attached hydrogens (primary N) is 1. The van der Waals surface area contributed by atoms with E-state index >= 15 is 0 Å². The predicted octanol–water partition coefficient (Wildman–Crippen LogP) is 2.87. The van der Waals surface area contributed by atoms with Crippen molar-refractivity contribution in [3.63, 3.8) is 0 Å². The molecule has 1 unspecified atom stereocenters. The monoisotopic (exact) mass is 478 g/mol. The first-order valence-corrected chi connectivity index (χ1v) is 12.1. The van der Waals surface area contributed by atoms with Crippen molar-refractivity contribution in [2.24, 2.45) is 10.7 Å². The maximum Gasteiger partial charge on any atom is 0.251 e. The third-order valence-electron chi connectivity index (χ3n) is 7.12. The van der Waals surface area contributed by atoms with E-state index in [1.54, 1.807) is 25.3 Å². The number of benzene rings is 2. The number of aliphatic hydroxyl groups excluding tert-OH is 1. The Hall–Kier alpha value is -3.23. The molecule has 0 fully saturated rings. The number of rotatable bonds is 8. The average Bonchev–Trinajstić information content (AvgIpc) is 3.15. The van der Waals surface area contributed by atoms with Crippen LogP contribution in [-0.4, -0.2) is 53.1 Å². The number of hydrogen-bond acceptors (Lipinski definition) is 6. The van der Waals surface area contributed by atoms with Gasteiger partial charge >= 0.3 is 0 Å². The molecule has 4 N–H and O–H groups in total. The van der Waals surface area contributed by atoms with Crippen molar-refractivity contribution >= 4 is 17.8 Å². The number of fused-ring (bicyclic) bond motifs is 1. The molecule has 1 heterocycles. The molecule has 2 amide bonds. The molecule has 4 atom stereocenters. The molecular formula is C27H34N4O4. The van der Waals surface area contributed by atoms with Crippen LogP contribution in [0.2, 0.25) is 0 Å². The normalized spacial score (nSPS) is 24.6. The summed E-state index contributed by atoms with van der Waals surface area (Å²) in [6.45, 7) is 4.33. The van der Waals surface area contributed by atoms with Gasteiger partial charge in [0, 0.05) is 25.7 Å². The zero-order valence-electron chi connectivity index (χ0n) is 20.5. The highest BCUT2D eigenvalue weighted by Crippen LogP contribution is 2.34. The lowest BCUT2D eigenvalue weighted by molar-refractivity contribution is -0.131. The summed E-state index contributed by atoms with van der Waals surface area (Å²) >= 11 is 0. The lowest BCUT2D eigenvalue weighted by atomic mass is 9.91. The van der Waals surface area contributed by atoms with Gasteiger partial charge in [0.05, 0.1) is 30.1 Å². The minimum atomic E-state index is -0.677. The van der Waals surface area contributed by atoms with E-state index in [0.29, 0.717) is 31.4 Å². The Morgan fingerprint density at radius 3 is 2.80 bits per heavy atom. The van der Waals surface area contributed by atoms with Crippen LogP contribution in [0, 0.1) is 0 Å². The summed E-state index contributed by atoms with van der Waals surface area (Å²) in [4.78, 5) is 32.5. The number of nitrogens with zero attached hydrogens (tertiary/aromatic N) is 2. The van der Waals surface area contributed by atoms with Crippen LogP contribution in [0.3, 0.4) is 0 Å². The molecule has 35 heavy (non-hydrogen) atoms. The summed E-state index contributed by atoms with van der Waals surface area (Å²) in [6.07, 6.45) is 1.31. The van der Waals surface area contributed by atoms with Crippen molar-refractivity contribution in [1.29, 1.82) is 0 Å². The highest BCUT2D eigenvalue weighted by atomic mass is 16.5. The fourth-order valence-electron chi connectivity index (χ4n) is 4.98. The second-order valence-corrected chi connectivity index (χ2v) is 9.61. The van der Waals surface area contributed by atoms with Gasteiger partial charge in [0.25, 0.3) is 5.91 Å². The van der Waals surface area contributed by atoms with Gasteiger partial charge in [0.2, 0.25) is 5.91 Å². The Morgan fingerprint density at radius 1 is 1.31 bits per heavy atom. The molecular weight excluding hydrogens is 444 g/mol. The van der Waals surface area contributed by atoms with E-state index < -0.39 is 23.7 Å². The van der Waals surface area contributed by atoms with E-state index in [0.717, 1.165) is 16.7 Å². The number of amides is 2. The van der Waals surface area contributed by atoms with Crippen molar-refractivity contribution in [2.75, 3.05) is 13.7 Å². The van der Waals surface area contributed by atoms with Gasteiger partial charge in [-0.05, 0) is 48.6 Å². The molecule has 0 saturated carbocycles. The van der Waals surface area contributed by atoms with Gasteiger partial charge in [0.1, 0.15) is 0 Å². The summed E-state index contributed by atoms with van der Waals surface area (Å²) in [6, 6.07) is 14.0. The summed E-state index contributed by atoms with van der Waals surface area (Å²) in [5.41, 5.74) is 8.98. The van der Waals surface area contributed by atoms with Gasteiger partial charge < -0.3 is 20.9 Å². The number of aliphatic hydroxyl groups is 1. The van der Waals surface area contributed by atoms with Crippen LogP contribution in [0.25, 0.3) is 0 Å². The predicted molar refractivity (Wildman–Crippen MR) is 134 cm³/mol. The average molecular weight is 479 g/mol. The lowest BCUT2D eigenvalue weighted by Gasteiger charge is -2.39. The quantitative estimate of drug-likeness (QED) is 0.539. The Kier molecular flexibility index (Phi) is 7.23. The molecule has 0 saturated heterocycles. The van der Waals surface area contributed by atoms with Gasteiger partial charge in [-0.15, -0.1) is 0 Å². The molecule has 0 spiro atoms. The minimum absolute atomic E-state index is 0.0940. The minimum Gasteiger partial charge on any atom is -0.390 e. The zero-order valence-corrected chi connectivity index (χ0v) is 20.5. The standard InChI is InChI=1S/C27H34N4O4/c1-4-27(2)16-23(33)31(26(28)30-27)21(12-13-35-3)18-9-7-10-19(14-18)25(34)29-24-20-11-6-5-8-17(20)15-22(24)32/h5-11,14,21-22,24,32H,4,12-13,15-16H2,1-3H3,(H2,28,30)(H,29,34)/t21-,22-,24-,27?/m1/s1. The largest absolute Gasteiger partial charge is 0.390 e. The van der Waals surface area contributed by atoms with Crippen LogP contribution >= 0.6 is 0 Å². The SMILES string of the molecule is CCC1(C)CC(=O)N([C@H](CCOC)c2cccc(C(=O)N[C@@H]3c4ccccc4C[C@H]3O)c2)C(N)=N1. The third-order valence-corrected chi connectivity index (χ3v) is 7.12. The first kappa shape index (κ1) is 24.9. The Bertz CT molecular complexity index is 1130. The second-order valence-electron chi connectivity index (χ2n) is 9.61. The maximum atomic E-state index is 13.2. The molecule has 0 aromatic heterocycles. The van der Waals surface area contributed by atoms with Gasteiger partial charge in [-0.25, -0.2) is 4.99 Å². The summed E-state index contributed by atoms with van der Waals surface area (Å²) < 4.78 is 5.30. The van der Waals surface area contributed by atoms with Crippen molar-refractivity contribution in [2.45, 2.75) is 63.3 Å². The van der Waals surface area contributed by atoms with Crippen LogP contribution in [0.1, 0.15) is 72.2 Å². The number of ether oxygens (including phenoxy) is 1. The van der Waals surface area contributed by atoms with E-state index in [1.165, 1.54) is 4.90 Å². The van der Waals surface area contributed by atoms with E-state index in [9.17, 15) is 14.7 Å². The molecule has 2 aromatic carbocycles. The fraction of sp³-hybridized carbons (Fsp3) is 0.444. The van der Waals surface area contributed by atoms with Crippen LogP contribution in [0.4, 0.5) is 0 Å². The molecule has 186 valence electrons. The van der Waals surface area contributed by atoms with Crippen LogP contribution in [0.15, 0.2) is 53.5 Å². The molecule has 4 rings (SSSR count). The summed E-state index contributed by atoms with van der Waals surface area (Å²) in [5, 5.41) is 13.5. The molecule has 8 heteroatoms. The molecule has 1 aliphatic carbocycles. The van der Waals surface area contributed by atoms with E-state index in [2.05, 4.69) is 10.3 Å². The molecule has 2 aromatic rings. The van der Waals surface area contributed by atoms with Gasteiger partial charge in [0.15, 0.2) is 5.96 Å². The highest BCUT2D eigenvalue weighted by Gasteiger charge is 2.39. The number of aliphatic imine (C=N–C) groups is 1. The van der Waals surface area contributed by atoms with Crippen molar-refractivity contribution in [1.82, 2.24) is 10.2 Å². The number of nitrogens with one attached hydrogen (secondary N) is 1. The van der Waals surface area contributed by atoms with E-state index in [4.69, 9.17) is 10.5 Å². The Balaban J connectivity index is 1.60. The van der Waals surface area contributed by atoms with Crippen LogP contribution < -0.4 is 11.1 Å². The Labute approximate surface area is 206 Å². The maximum absolute atomic E-state index is 13.2. The first-order chi connectivity index (χ1) is 16.8. The Morgan fingerprint density at radius 2 is 2.09 bits per heavy atom. The van der Waals surface area contributed by atoms with Crippen molar-refractivity contribution < 1.29 is 19.4 Å². The summed E-state index contributed by atoms with van der Waals surface area (Å²) in [5.74, 6) is -0.195. The second kappa shape index (κ2) is 10.2. The number of guanidine groups is 1. The zero-order chi connectivity index (χ0) is 25.2. The molecule has 8 nitrogen and oxygen atoms in total. The number of carbonyl (C=O) groups excluding carboxylic acids is 2. The van der Waals surface area contributed by atoms with Gasteiger partial charge in [-0.3, -0.25) is 14.5 Å². The fourth-order valence-corrected chi connectivity index (χ4v) is 4.98. The van der Waals surface area contributed by atoms with Crippen LogP contribution in [-0.2, 0) is 16.0 Å². The highest BCUT2D eigenvalue weighted by molar-refractivity contribution is 5.99. The van der Waals surface area contributed by atoms with Crippen molar-refractivity contribution in [3.8, 4) is 0 Å². The van der Waals surface area contributed by atoms with Gasteiger partial charge in [-0.2, -0.15) is 0 Å². The van der Waals surface area contributed by atoms with Crippen molar-refractivity contribution in [3.05, 3.63) is 70.8 Å². The smallest absolute Gasteiger partial charge is 0.251 e. The van der Waals surface area contributed by atoms with Gasteiger partial charge in [-0.1, -0.05) is 43.3 Å². The molecule has 0 radical (unpaired) electrons. The van der Waals surface area contributed by atoms with E-state index in [-0.39, 0.29) is 24.2 Å².